The summed E-state index contributed by atoms with van der Waals surface area (Å²) in [7, 11) is 0. The van der Waals surface area contributed by atoms with Crippen LogP contribution in [-0.4, -0.2) is 43.6 Å². The molecule has 1 saturated heterocycles. The zero-order valence-electron chi connectivity index (χ0n) is 22.4. The summed E-state index contributed by atoms with van der Waals surface area (Å²) in [5.74, 6) is -0.697. The van der Waals surface area contributed by atoms with Crippen LogP contribution < -0.4 is 29.7 Å². The molecule has 10 nitrogen and oxygen atoms in total. The first-order chi connectivity index (χ1) is 19.8. The van der Waals surface area contributed by atoms with Crippen LogP contribution >= 0.6 is 11.6 Å². The number of benzene rings is 3. The van der Waals surface area contributed by atoms with Gasteiger partial charge in [-0.25, -0.2) is 9.69 Å². The third kappa shape index (κ3) is 7.43. The van der Waals surface area contributed by atoms with Crippen molar-refractivity contribution in [2.24, 2.45) is 0 Å². The second kappa shape index (κ2) is 13.5. The minimum atomic E-state index is -0.873. The molecule has 0 saturated carbocycles. The second-order valence-corrected chi connectivity index (χ2v) is 9.22. The van der Waals surface area contributed by atoms with Crippen molar-refractivity contribution in [1.82, 2.24) is 5.32 Å². The fourth-order valence-corrected chi connectivity index (χ4v) is 3.96. The van der Waals surface area contributed by atoms with E-state index in [1.807, 2.05) is 6.92 Å². The minimum Gasteiger partial charge on any atom is -0.490 e. The van der Waals surface area contributed by atoms with Crippen molar-refractivity contribution < 1.29 is 33.4 Å². The minimum absolute atomic E-state index is 0.221. The molecule has 11 heteroatoms. The van der Waals surface area contributed by atoms with E-state index in [9.17, 15) is 19.2 Å². The van der Waals surface area contributed by atoms with Crippen LogP contribution in [-0.2, 0) is 14.4 Å². The summed E-state index contributed by atoms with van der Waals surface area (Å²) in [5.41, 5.74) is 1.08. The normalized spacial score (nSPS) is 14.1. The number of imide groups is 2. The van der Waals surface area contributed by atoms with Crippen LogP contribution in [0.4, 0.5) is 16.2 Å². The summed E-state index contributed by atoms with van der Waals surface area (Å²) in [6.07, 6.45) is 2.17. The third-order valence-corrected chi connectivity index (χ3v) is 5.99. The number of barbiturate groups is 1. The lowest BCUT2D eigenvalue weighted by Gasteiger charge is -2.27. The monoisotopic (exact) mass is 577 g/mol. The maximum Gasteiger partial charge on any atom is 0.335 e. The Morgan fingerprint density at radius 1 is 0.927 bits per heavy atom. The highest BCUT2D eigenvalue weighted by Crippen LogP contribution is 2.34. The Morgan fingerprint density at radius 3 is 2.34 bits per heavy atom. The molecule has 0 aliphatic carbocycles. The summed E-state index contributed by atoms with van der Waals surface area (Å²) < 4.78 is 16.9. The number of halogens is 1. The lowest BCUT2D eigenvalue weighted by Crippen LogP contribution is -2.54. The summed E-state index contributed by atoms with van der Waals surface area (Å²) in [5, 5.41) is 5.46. The molecule has 212 valence electrons. The number of hydrogen-bond acceptors (Lipinski definition) is 7. The molecule has 0 spiro atoms. The van der Waals surface area contributed by atoms with Gasteiger partial charge in [-0.3, -0.25) is 19.7 Å². The molecule has 1 aliphatic rings. The smallest absolute Gasteiger partial charge is 0.335 e. The molecule has 0 bridgehead atoms. The van der Waals surface area contributed by atoms with Gasteiger partial charge in [0.25, 0.3) is 17.7 Å². The van der Waals surface area contributed by atoms with Gasteiger partial charge < -0.3 is 19.5 Å². The molecule has 2 N–H and O–H groups in total. The number of nitrogens with one attached hydrogen (secondary N) is 2. The Hall–Kier alpha value is -4.83. The summed E-state index contributed by atoms with van der Waals surface area (Å²) >= 11 is 5.85. The zero-order valence-corrected chi connectivity index (χ0v) is 23.2. The van der Waals surface area contributed by atoms with Crippen LogP contribution in [0.2, 0.25) is 5.02 Å². The van der Waals surface area contributed by atoms with E-state index in [1.165, 1.54) is 12.1 Å². The highest BCUT2D eigenvalue weighted by atomic mass is 35.5. The number of ether oxygens (including phenoxy) is 3. The molecule has 41 heavy (non-hydrogen) atoms. The molecular formula is C30H28ClN3O7. The number of amides is 5. The predicted molar refractivity (Wildman–Crippen MR) is 154 cm³/mol. The van der Waals surface area contributed by atoms with Crippen LogP contribution in [0.1, 0.15) is 25.8 Å². The van der Waals surface area contributed by atoms with Crippen LogP contribution in [0.15, 0.2) is 72.3 Å². The van der Waals surface area contributed by atoms with E-state index in [4.69, 9.17) is 25.8 Å². The molecule has 0 atom stereocenters. The number of anilines is 2. The fraction of sp³-hybridized carbons (Fsp3) is 0.200. The first-order valence-corrected chi connectivity index (χ1v) is 13.3. The van der Waals surface area contributed by atoms with E-state index in [-0.39, 0.29) is 23.8 Å². The SMILES string of the molecule is CCCOc1ccc(N2C(=O)NC(=O)/C(=C\c3ccc(OCC(=O)Nc4ccc(Cl)cc4)cc3)C2=O)cc1OCC. The number of rotatable bonds is 11. The Labute approximate surface area is 241 Å². The molecule has 1 fully saturated rings. The van der Waals surface area contributed by atoms with Crippen LogP contribution in [0.25, 0.3) is 6.08 Å². The third-order valence-electron chi connectivity index (χ3n) is 5.74. The molecule has 5 amide bonds. The van der Waals surface area contributed by atoms with Gasteiger partial charge in [0, 0.05) is 16.8 Å². The van der Waals surface area contributed by atoms with Gasteiger partial charge in [-0.2, -0.15) is 0 Å². The van der Waals surface area contributed by atoms with Crippen molar-refractivity contribution in [2.75, 3.05) is 30.0 Å². The summed E-state index contributed by atoms with van der Waals surface area (Å²) in [6, 6.07) is 16.9. The number of urea groups is 1. The Bertz CT molecular complexity index is 1470. The average Bonchev–Trinajstić information content (AvgIpc) is 2.95. The molecule has 1 heterocycles. The number of hydrogen-bond donors (Lipinski definition) is 2. The number of carbonyl (C=O) groups is 4. The standard InChI is InChI=1S/C30H28ClN3O7/c1-3-15-40-25-14-11-22(17-26(25)39-4-2)34-29(37)24(28(36)33-30(34)38)16-19-5-12-23(13-6-19)41-18-27(35)32-21-9-7-20(31)8-10-21/h5-14,16-17H,3-4,15,18H2,1-2H3,(H,32,35)(H,33,36,38)/b24-16+. The topological polar surface area (TPSA) is 123 Å². The van der Waals surface area contributed by atoms with Crippen LogP contribution in [0.3, 0.4) is 0 Å². The van der Waals surface area contributed by atoms with E-state index < -0.39 is 17.8 Å². The van der Waals surface area contributed by atoms with Crippen molar-refractivity contribution in [1.29, 1.82) is 0 Å². The molecule has 3 aromatic carbocycles. The van der Waals surface area contributed by atoms with Crippen molar-refractivity contribution in [3.8, 4) is 17.2 Å². The summed E-state index contributed by atoms with van der Waals surface area (Å²) in [4.78, 5) is 51.6. The van der Waals surface area contributed by atoms with Crippen molar-refractivity contribution in [3.05, 3.63) is 82.9 Å². The first-order valence-electron chi connectivity index (χ1n) is 12.9. The van der Waals surface area contributed by atoms with Gasteiger partial charge in [0.05, 0.1) is 18.9 Å². The average molecular weight is 578 g/mol. The van der Waals surface area contributed by atoms with Gasteiger partial charge >= 0.3 is 6.03 Å². The highest BCUT2D eigenvalue weighted by Gasteiger charge is 2.37. The van der Waals surface area contributed by atoms with Gasteiger partial charge in [0.2, 0.25) is 0 Å². The zero-order chi connectivity index (χ0) is 29.4. The van der Waals surface area contributed by atoms with Gasteiger partial charge in [0.1, 0.15) is 11.3 Å². The largest absolute Gasteiger partial charge is 0.490 e. The molecule has 0 radical (unpaired) electrons. The molecular weight excluding hydrogens is 550 g/mol. The van der Waals surface area contributed by atoms with Gasteiger partial charge in [-0.15, -0.1) is 0 Å². The first kappa shape index (κ1) is 29.2. The van der Waals surface area contributed by atoms with Crippen LogP contribution in [0.5, 0.6) is 17.2 Å². The van der Waals surface area contributed by atoms with E-state index >= 15 is 0 Å². The van der Waals surface area contributed by atoms with Crippen LogP contribution in [0, 0.1) is 0 Å². The molecule has 0 aromatic heterocycles. The van der Waals surface area contributed by atoms with Crippen molar-refractivity contribution in [2.45, 2.75) is 20.3 Å². The van der Waals surface area contributed by atoms with E-state index in [2.05, 4.69) is 10.6 Å². The maximum absolute atomic E-state index is 13.3. The number of carbonyl (C=O) groups excluding carboxylic acids is 4. The van der Waals surface area contributed by atoms with E-state index in [0.717, 1.165) is 11.3 Å². The van der Waals surface area contributed by atoms with Gasteiger partial charge in [-0.1, -0.05) is 30.7 Å². The van der Waals surface area contributed by atoms with Gasteiger partial charge in [0.15, 0.2) is 18.1 Å². The molecule has 0 unspecified atom stereocenters. The predicted octanol–water partition coefficient (Wildman–Crippen LogP) is 5.21. The highest BCUT2D eigenvalue weighted by molar-refractivity contribution is 6.39. The second-order valence-electron chi connectivity index (χ2n) is 8.78. The van der Waals surface area contributed by atoms with Gasteiger partial charge in [-0.05, 0) is 73.5 Å². The Balaban J connectivity index is 1.46. The number of nitrogens with zero attached hydrogens (tertiary/aromatic N) is 1. The maximum atomic E-state index is 13.3. The molecule has 3 aromatic rings. The van der Waals surface area contributed by atoms with E-state index in [1.54, 1.807) is 67.6 Å². The Kier molecular flexibility index (Phi) is 9.60. The van der Waals surface area contributed by atoms with Crippen molar-refractivity contribution >= 4 is 52.8 Å². The fourth-order valence-electron chi connectivity index (χ4n) is 3.83. The quantitative estimate of drug-likeness (QED) is 0.237. The lowest BCUT2D eigenvalue weighted by molar-refractivity contribution is -0.122. The van der Waals surface area contributed by atoms with Crippen molar-refractivity contribution in [3.63, 3.8) is 0 Å². The summed E-state index contributed by atoms with van der Waals surface area (Å²) in [6.45, 7) is 4.38. The molecule has 1 aliphatic heterocycles. The van der Waals surface area contributed by atoms with E-state index in [0.29, 0.717) is 46.7 Å². The molecule has 4 rings (SSSR count). The lowest BCUT2D eigenvalue weighted by atomic mass is 10.1. The Morgan fingerprint density at radius 2 is 1.66 bits per heavy atom.